The van der Waals surface area contributed by atoms with Crippen LogP contribution in [0.1, 0.15) is 17.0 Å². The summed E-state index contributed by atoms with van der Waals surface area (Å²) in [6.07, 6.45) is 3.44. The van der Waals surface area contributed by atoms with E-state index in [9.17, 15) is 9.90 Å². The van der Waals surface area contributed by atoms with Crippen molar-refractivity contribution in [2.75, 3.05) is 13.1 Å². The average Bonchev–Trinajstić information content (AvgIpc) is 3.22. The first-order valence-corrected chi connectivity index (χ1v) is 8.50. The summed E-state index contributed by atoms with van der Waals surface area (Å²) in [5.41, 5.74) is 3.98. The Morgan fingerprint density at radius 3 is 2.75 bits per heavy atom. The molecule has 0 spiro atoms. The van der Waals surface area contributed by atoms with Crippen molar-refractivity contribution in [1.29, 1.82) is 0 Å². The second kappa shape index (κ2) is 6.26. The number of aliphatic carboxylic acids is 1. The van der Waals surface area contributed by atoms with Crippen LogP contribution in [0.3, 0.4) is 0 Å². The van der Waals surface area contributed by atoms with Crippen molar-refractivity contribution < 1.29 is 9.90 Å². The van der Waals surface area contributed by atoms with Crippen LogP contribution in [0.25, 0.3) is 11.0 Å². The highest BCUT2D eigenvalue weighted by molar-refractivity contribution is 7.00. The number of carbonyl (C=O) groups is 1. The van der Waals surface area contributed by atoms with E-state index in [4.69, 9.17) is 0 Å². The van der Waals surface area contributed by atoms with E-state index in [-0.39, 0.29) is 5.92 Å². The normalized spacial score (nSPS) is 21.3. The summed E-state index contributed by atoms with van der Waals surface area (Å²) in [4.78, 5) is 17.9. The van der Waals surface area contributed by atoms with Gasteiger partial charge in [-0.3, -0.25) is 14.7 Å². The lowest BCUT2D eigenvalue weighted by Gasteiger charge is -2.16. The van der Waals surface area contributed by atoms with Gasteiger partial charge < -0.3 is 5.11 Å². The van der Waals surface area contributed by atoms with Gasteiger partial charge in [0.15, 0.2) is 0 Å². The molecular formula is C17H16N4O2S. The van der Waals surface area contributed by atoms with Crippen LogP contribution in [0.5, 0.6) is 0 Å². The quantitative estimate of drug-likeness (QED) is 0.785. The van der Waals surface area contributed by atoms with E-state index in [1.807, 2.05) is 30.3 Å². The molecule has 1 fully saturated rings. The van der Waals surface area contributed by atoms with Gasteiger partial charge in [-0.25, -0.2) is 0 Å². The Hall–Kier alpha value is -2.38. The molecule has 1 saturated heterocycles. The summed E-state index contributed by atoms with van der Waals surface area (Å²) in [6, 6.07) is 9.88. The van der Waals surface area contributed by atoms with Crippen molar-refractivity contribution in [3.8, 4) is 0 Å². The van der Waals surface area contributed by atoms with Gasteiger partial charge in [0.25, 0.3) is 0 Å². The van der Waals surface area contributed by atoms with E-state index in [1.54, 1.807) is 12.4 Å². The van der Waals surface area contributed by atoms with Crippen molar-refractivity contribution in [3.05, 3.63) is 53.9 Å². The van der Waals surface area contributed by atoms with Crippen LogP contribution in [0.2, 0.25) is 0 Å². The largest absolute Gasteiger partial charge is 0.481 e. The van der Waals surface area contributed by atoms with Gasteiger partial charge in [0.05, 0.1) is 17.6 Å². The molecule has 0 amide bonds. The third-order valence-corrected chi connectivity index (χ3v) is 5.13. The number of hydrogen-bond acceptors (Lipinski definition) is 6. The van der Waals surface area contributed by atoms with Crippen molar-refractivity contribution in [2.24, 2.45) is 5.92 Å². The molecule has 0 saturated carbocycles. The standard InChI is InChI=1S/C17H16N4O2S/c22-17(23)14-10-21(9-13(14)12-3-5-18-6-4-12)8-11-1-2-15-16(7-11)20-24-19-15/h1-7,13-14H,8-10H2,(H,22,23)/t13-,14+/m0/s1. The third kappa shape index (κ3) is 2.88. The van der Waals surface area contributed by atoms with Gasteiger partial charge in [0, 0.05) is 37.9 Å². The molecule has 2 aromatic heterocycles. The van der Waals surface area contributed by atoms with Crippen LogP contribution in [0.15, 0.2) is 42.7 Å². The van der Waals surface area contributed by atoms with Crippen LogP contribution in [0, 0.1) is 5.92 Å². The smallest absolute Gasteiger partial charge is 0.308 e. The molecule has 0 bridgehead atoms. The van der Waals surface area contributed by atoms with E-state index in [0.29, 0.717) is 6.54 Å². The Morgan fingerprint density at radius 1 is 1.17 bits per heavy atom. The van der Waals surface area contributed by atoms with Gasteiger partial charge >= 0.3 is 5.97 Å². The molecule has 1 aliphatic rings. The van der Waals surface area contributed by atoms with E-state index >= 15 is 0 Å². The Labute approximate surface area is 143 Å². The molecule has 122 valence electrons. The number of carboxylic acids is 1. The van der Waals surface area contributed by atoms with Gasteiger partial charge in [0.2, 0.25) is 0 Å². The molecule has 4 rings (SSSR count). The Morgan fingerprint density at radius 2 is 1.96 bits per heavy atom. The summed E-state index contributed by atoms with van der Waals surface area (Å²) in [5.74, 6) is -1.13. The highest BCUT2D eigenvalue weighted by Gasteiger charge is 2.38. The first-order valence-electron chi connectivity index (χ1n) is 7.77. The molecular weight excluding hydrogens is 324 g/mol. The van der Waals surface area contributed by atoms with Crippen molar-refractivity contribution in [3.63, 3.8) is 0 Å². The highest BCUT2D eigenvalue weighted by atomic mass is 32.1. The Kier molecular flexibility index (Phi) is 3.95. The van der Waals surface area contributed by atoms with Crippen LogP contribution in [0.4, 0.5) is 0 Å². The average molecular weight is 340 g/mol. The molecule has 3 heterocycles. The summed E-state index contributed by atoms with van der Waals surface area (Å²) < 4.78 is 8.48. The maximum absolute atomic E-state index is 11.7. The molecule has 24 heavy (non-hydrogen) atoms. The van der Waals surface area contributed by atoms with Crippen LogP contribution in [-0.2, 0) is 11.3 Å². The molecule has 6 nitrogen and oxygen atoms in total. The molecule has 7 heteroatoms. The molecule has 0 radical (unpaired) electrons. The number of carboxylic acid groups (broad SMARTS) is 1. The van der Waals surface area contributed by atoms with Gasteiger partial charge in [-0.2, -0.15) is 8.75 Å². The topological polar surface area (TPSA) is 79.2 Å². The van der Waals surface area contributed by atoms with E-state index in [2.05, 4.69) is 18.6 Å². The number of likely N-dealkylation sites (tertiary alicyclic amines) is 1. The fourth-order valence-corrected chi connectivity index (χ4v) is 3.91. The zero-order valence-electron chi connectivity index (χ0n) is 12.9. The monoisotopic (exact) mass is 340 g/mol. The summed E-state index contributed by atoms with van der Waals surface area (Å²) >= 11 is 1.21. The number of pyridine rings is 1. The maximum Gasteiger partial charge on any atom is 0.308 e. The zero-order chi connectivity index (χ0) is 16.5. The van der Waals surface area contributed by atoms with Crippen LogP contribution < -0.4 is 0 Å². The summed E-state index contributed by atoms with van der Waals surface area (Å²) in [6.45, 7) is 2.00. The van der Waals surface area contributed by atoms with Gasteiger partial charge in [-0.05, 0) is 35.4 Å². The van der Waals surface area contributed by atoms with Crippen molar-refractivity contribution in [2.45, 2.75) is 12.5 Å². The number of rotatable bonds is 4. The minimum atomic E-state index is -0.738. The molecule has 1 aliphatic heterocycles. The van der Waals surface area contributed by atoms with Crippen LogP contribution >= 0.6 is 11.7 Å². The molecule has 2 atom stereocenters. The summed E-state index contributed by atoms with van der Waals surface area (Å²) in [7, 11) is 0. The Balaban J connectivity index is 1.55. The first kappa shape index (κ1) is 15.2. The van der Waals surface area contributed by atoms with E-state index in [1.165, 1.54) is 11.7 Å². The molecule has 0 unspecified atom stereocenters. The zero-order valence-corrected chi connectivity index (χ0v) is 13.7. The lowest BCUT2D eigenvalue weighted by molar-refractivity contribution is -0.141. The predicted molar refractivity (Wildman–Crippen MR) is 90.8 cm³/mol. The fraction of sp³-hybridized carbons (Fsp3) is 0.294. The molecule has 1 N–H and O–H groups in total. The highest BCUT2D eigenvalue weighted by Crippen LogP contribution is 2.33. The number of fused-ring (bicyclic) bond motifs is 1. The van der Waals surface area contributed by atoms with Crippen molar-refractivity contribution in [1.82, 2.24) is 18.6 Å². The number of hydrogen-bond donors (Lipinski definition) is 1. The van der Waals surface area contributed by atoms with Gasteiger partial charge in [-0.15, -0.1) is 0 Å². The predicted octanol–water partition coefficient (Wildman–Crippen LogP) is 2.39. The minimum absolute atomic E-state index is 0.00447. The fourth-order valence-electron chi connectivity index (χ4n) is 3.40. The lowest BCUT2D eigenvalue weighted by Crippen LogP contribution is -2.23. The second-order valence-corrected chi connectivity index (χ2v) is 6.64. The number of benzene rings is 1. The maximum atomic E-state index is 11.7. The molecule has 0 aliphatic carbocycles. The minimum Gasteiger partial charge on any atom is -0.481 e. The number of aromatic nitrogens is 3. The van der Waals surface area contributed by atoms with E-state index in [0.717, 1.165) is 35.2 Å². The number of nitrogens with zero attached hydrogens (tertiary/aromatic N) is 4. The first-order chi connectivity index (χ1) is 11.7. The molecule has 3 aromatic rings. The third-order valence-electron chi connectivity index (χ3n) is 4.57. The molecule has 1 aromatic carbocycles. The Bertz CT molecular complexity index is 867. The summed E-state index contributed by atoms with van der Waals surface area (Å²) in [5, 5.41) is 9.58. The SMILES string of the molecule is O=C(O)[C@@H]1CN(Cc2ccc3nsnc3c2)C[C@H]1c1ccncc1. The van der Waals surface area contributed by atoms with Gasteiger partial charge in [-0.1, -0.05) is 6.07 Å². The second-order valence-electron chi connectivity index (χ2n) is 6.11. The lowest BCUT2D eigenvalue weighted by atomic mass is 9.90. The van der Waals surface area contributed by atoms with Gasteiger partial charge in [0.1, 0.15) is 11.0 Å². The van der Waals surface area contributed by atoms with Crippen LogP contribution in [-0.4, -0.2) is 42.8 Å². The van der Waals surface area contributed by atoms with E-state index < -0.39 is 11.9 Å². The van der Waals surface area contributed by atoms with Crippen molar-refractivity contribution >= 4 is 28.7 Å².